The van der Waals surface area contributed by atoms with Gasteiger partial charge in [0.05, 0.1) is 4.90 Å². The van der Waals surface area contributed by atoms with E-state index in [2.05, 4.69) is 5.32 Å². The lowest BCUT2D eigenvalue weighted by Gasteiger charge is -2.12. The third-order valence-corrected chi connectivity index (χ3v) is 4.97. The maximum Gasteiger partial charge on any atom is 0.248 e. The van der Waals surface area contributed by atoms with Crippen LogP contribution < -0.4 is 5.32 Å². The van der Waals surface area contributed by atoms with Gasteiger partial charge in [0, 0.05) is 25.9 Å². The summed E-state index contributed by atoms with van der Waals surface area (Å²) in [6.07, 6.45) is 2.72. The molecule has 2 rings (SSSR count). The average molecular weight is 348 g/mol. The zero-order valence-electron chi connectivity index (χ0n) is 13.2. The van der Waals surface area contributed by atoms with Crippen molar-refractivity contribution in [2.45, 2.75) is 4.90 Å². The average Bonchev–Trinajstić information content (AvgIpc) is 2.53. The highest BCUT2D eigenvalue weighted by atomic mass is 32.2. The lowest BCUT2D eigenvalue weighted by atomic mass is 10.2. The SMILES string of the molecule is CN(C)S(=O)(=O)c1cccc(NC(=O)C=Cc2cccc(F)c2)c1. The number of carbonyl (C=O) groups excluding carboxylic acids is 1. The molecule has 0 aliphatic carbocycles. The van der Waals surface area contributed by atoms with Crippen molar-refractivity contribution in [3.05, 3.63) is 66.0 Å². The molecule has 0 atom stereocenters. The predicted molar refractivity (Wildman–Crippen MR) is 91.4 cm³/mol. The molecule has 5 nitrogen and oxygen atoms in total. The highest BCUT2D eigenvalue weighted by Gasteiger charge is 2.17. The molecule has 0 unspecified atom stereocenters. The number of hydrogen-bond acceptors (Lipinski definition) is 3. The third-order valence-electron chi connectivity index (χ3n) is 3.16. The number of hydrogen-bond donors (Lipinski definition) is 1. The summed E-state index contributed by atoms with van der Waals surface area (Å²) < 4.78 is 38.3. The fraction of sp³-hybridized carbons (Fsp3) is 0.118. The Kier molecular flexibility index (Phi) is 5.48. The molecule has 24 heavy (non-hydrogen) atoms. The molecule has 0 aromatic heterocycles. The zero-order chi connectivity index (χ0) is 17.7. The van der Waals surface area contributed by atoms with Gasteiger partial charge in [0.25, 0.3) is 0 Å². The number of carbonyl (C=O) groups is 1. The van der Waals surface area contributed by atoms with Gasteiger partial charge in [-0.05, 0) is 42.0 Å². The minimum Gasteiger partial charge on any atom is -0.322 e. The van der Waals surface area contributed by atoms with Crippen molar-refractivity contribution in [2.75, 3.05) is 19.4 Å². The van der Waals surface area contributed by atoms with E-state index < -0.39 is 15.9 Å². The quantitative estimate of drug-likeness (QED) is 0.845. The Bertz CT molecular complexity index is 877. The molecular weight excluding hydrogens is 331 g/mol. The van der Waals surface area contributed by atoms with Crippen LogP contribution in [-0.2, 0) is 14.8 Å². The van der Waals surface area contributed by atoms with Crippen LogP contribution in [0.5, 0.6) is 0 Å². The van der Waals surface area contributed by atoms with Gasteiger partial charge in [-0.25, -0.2) is 17.1 Å². The maximum absolute atomic E-state index is 13.1. The molecule has 0 saturated carbocycles. The molecular formula is C17H17FN2O3S. The molecule has 1 amide bonds. The van der Waals surface area contributed by atoms with E-state index in [4.69, 9.17) is 0 Å². The molecule has 0 aliphatic rings. The lowest BCUT2D eigenvalue weighted by Crippen LogP contribution is -2.22. The number of nitrogens with zero attached hydrogens (tertiary/aromatic N) is 1. The van der Waals surface area contributed by atoms with Crippen LogP contribution in [0.4, 0.5) is 10.1 Å². The third kappa shape index (κ3) is 4.50. The van der Waals surface area contributed by atoms with E-state index in [-0.39, 0.29) is 10.7 Å². The predicted octanol–water partition coefficient (Wildman–Crippen LogP) is 2.73. The molecule has 0 spiro atoms. The lowest BCUT2D eigenvalue weighted by molar-refractivity contribution is -0.111. The molecule has 2 aromatic carbocycles. The van der Waals surface area contributed by atoms with Crippen LogP contribution in [0.25, 0.3) is 6.08 Å². The molecule has 0 bridgehead atoms. The molecule has 1 N–H and O–H groups in total. The van der Waals surface area contributed by atoms with Crippen molar-refractivity contribution in [3.8, 4) is 0 Å². The van der Waals surface area contributed by atoms with Crippen molar-refractivity contribution < 1.29 is 17.6 Å². The smallest absolute Gasteiger partial charge is 0.248 e. The van der Waals surface area contributed by atoms with Gasteiger partial charge in [0.15, 0.2) is 0 Å². The van der Waals surface area contributed by atoms with Crippen LogP contribution in [0.15, 0.2) is 59.5 Å². The molecule has 2 aromatic rings. The van der Waals surface area contributed by atoms with Crippen molar-refractivity contribution >= 4 is 27.7 Å². The number of halogens is 1. The zero-order valence-corrected chi connectivity index (χ0v) is 14.0. The Hall–Kier alpha value is -2.51. The van der Waals surface area contributed by atoms with Gasteiger partial charge in [0.2, 0.25) is 15.9 Å². The second-order valence-corrected chi connectivity index (χ2v) is 7.34. The first kappa shape index (κ1) is 17.8. The van der Waals surface area contributed by atoms with E-state index in [0.29, 0.717) is 11.3 Å². The summed E-state index contributed by atoms with van der Waals surface area (Å²) in [4.78, 5) is 12.0. The van der Waals surface area contributed by atoms with Crippen molar-refractivity contribution in [1.82, 2.24) is 4.31 Å². The molecule has 0 fully saturated rings. The molecule has 0 radical (unpaired) electrons. The number of nitrogens with one attached hydrogen (secondary N) is 1. The van der Waals surface area contributed by atoms with Crippen molar-refractivity contribution in [2.24, 2.45) is 0 Å². The second-order valence-electron chi connectivity index (χ2n) is 5.19. The van der Waals surface area contributed by atoms with E-state index in [9.17, 15) is 17.6 Å². The standard InChI is InChI=1S/C17H17FN2O3S/c1-20(2)24(22,23)16-8-4-7-15(12-16)19-17(21)10-9-13-5-3-6-14(18)11-13/h3-12H,1-2H3,(H,19,21). The Labute approximate surface area is 140 Å². The van der Waals surface area contributed by atoms with Gasteiger partial charge in [-0.1, -0.05) is 18.2 Å². The normalized spacial score (nSPS) is 11.8. The maximum atomic E-state index is 13.1. The molecule has 0 heterocycles. The summed E-state index contributed by atoms with van der Waals surface area (Å²) in [5, 5.41) is 2.58. The van der Waals surface area contributed by atoms with Gasteiger partial charge in [0.1, 0.15) is 5.82 Å². The largest absolute Gasteiger partial charge is 0.322 e. The first-order valence-electron chi connectivity index (χ1n) is 7.06. The topological polar surface area (TPSA) is 66.5 Å². The Balaban J connectivity index is 2.12. The van der Waals surface area contributed by atoms with Crippen LogP contribution in [0.3, 0.4) is 0 Å². The summed E-state index contributed by atoms with van der Waals surface area (Å²) in [7, 11) is -0.707. The van der Waals surface area contributed by atoms with Crippen LogP contribution in [-0.4, -0.2) is 32.7 Å². The Morgan fingerprint density at radius 3 is 2.50 bits per heavy atom. The summed E-state index contributed by atoms with van der Waals surface area (Å²) >= 11 is 0. The number of benzene rings is 2. The second kappa shape index (κ2) is 7.37. The Morgan fingerprint density at radius 1 is 1.12 bits per heavy atom. The fourth-order valence-electron chi connectivity index (χ4n) is 1.91. The summed E-state index contributed by atoms with van der Waals surface area (Å²) in [6.45, 7) is 0. The molecule has 0 saturated heterocycles. The monoisotopic (exact) mass is 348 g/mol. The van der Waals surface area contributed by atoms with Crippen LogP contribution in [0, 0.1) is 5.82 Å². The van der Waals surface area contributed by atoms with Crippen molar-refractivity contribution in [1.29, 1.82) is 0 Å². The summed E-state index contributed by atoms with van der Waals surface area (Å²) in [5.74, 6) is -0.835. The van der Waals surface area contributed by atoms with Gasteiger partial charge in [-0.15, -0.1) is 0 Å². The van der Waals surface area contributed by atoms with Crippen LogP contribution >= 0.6 is 0 Å². The first-order chi connectivity index (χ1) is 11.3. The minimum absolute atomic E-state index is 0.0828. The van der Waals surface area contributed by atoms with Gasteiger partial charge < -0.3 is 5.32 Å². The van der Waals surface area contributed by atoms with E-state index in [0.717, 1.165) is 4.31 Å². The van der Waals surface area contributed by atoms with Crippen LogP contribution in [0.1, 0.15) is 5.56 Å². The molecule has 126 valence electrons. The van der Waals surface area contributed by atoms with E-state index in [1.807, 2.05) is 0 Å². The number of sulfonamides is 1. The van der Waals surface area contributed by atoms with Crippen molar-refractivity contribution in [3.63, 3.8) is 0 Å². The van der Waals surface area contributed by atoms with Gasteiger partial charge in [-0.2, -0.15) is 0 Å². The molecule has 7 heteroatoms. The van der Waals surface area contributed by atoms with Gasteiger partial charge in [-0.3, -0.25) is 4.79 Å². The highest BCUT2D eigenvalue weighted by Crippen LogP contribution is 2.18. The van der Waals surface area contributed by atoms with E-state index >= 15 is 0 Å². The summed E-state index contributed by atoms with van der Waals surface area (Å²) in [6, 6.07) is 11.8. The van der Waals surface area contributed by atoms with Gasteiger partial charge >= 0.3 is 0 Å². The Morgan fingerprint density at radius 2 is 1.83 bits per heavy atom. The highest BCUT2D eigenvalue weighted by molar-refractivity contribution is 7.89. The molecule has 0 aliphatic heterocycles. The number of anilines is 1. The minimum atomic E-state index is -3.57. The fourth-order valence-corrected chi connectivity index (χ4v) is 2.86. The first-order valence-corrected chi connectivity index (χ1v) is 8.50. The van der Waals surface area contributed by atoms with E-state index in [1.165, 1.54) is 50.5 Å². The van der Waals surface area contributed by atoms with E-state index in [1.54, 1.807) is 24.3 Å². The van der Waals surface area contributed by atoms with Crippen LogP contribution in [0.2, 0.25) is 0 Å². The number of rotatable bonds is 5. The summed E-state index contributed by atoms with van der Waals surface area (Å²) in [5.41, 5.74) is 0.904. The number of amides is 1.